The van der Waals surface area contributed by atoms with Crippen LogP contribution in [0.3, 0.4) is 0 Å². The Morgan fingerprint density at radius 2 is 1.20 bits per heavy atom. The van der Waals surface area contributed by atoms with Crippen LogP contribution in [0.1, 0.15) is 188 Å². The summed E-state index contributed by atoms with van der Waals surface area (Å²) in [6, 6.07) is -1.22. The summed E-state index contributed by atoms with van der Waals surface area (Å²) >= 11 is 1.16. The molecular weight excluding hydrogens is 977 g/mol. The molecule has 8 N–H and O–H groups in total. The minimum absolute atomic E-state index is 0.0221. The van der Waals surface area contributed by atoms with E-state index >= 15 is 0 Å². The fourth-order valence-corrected chi connectivity index (χ4v) is 9.32. The van der Waals surface area contributed by atoms with Crippen molar-refractivity contribution in [3.05, 3.63) is 48.6 Å². The highest BCUT2D eigenvalue weighted by molar-refractivity contribution is 8.00. The number of hydrogen-bond donors (Lipinski definition) is 7. The maximum absolute atomic E-state index is 13.1. The van der Waals surface area contributed by atoms with Gasteiger partial charge >= 0.3 is 33.6 Å². The van der Waals surface area contributed by atoms with Crippen LogP contribution in [0.15, 0.2) is 48.6 Å². The third-order valence-electron chi connectivity index (χ3n) is 11.1. The molecule has 1 unspecified atom stereocenters. The van der Waals surface area contributed by atoms with Crippen LogP contribution in [0.2, 0.25) is 0 Å². The average molecular weight is 1070 g/mol. The number of thioether (sulfide) groups is 1. The summed E-state index contributed by atoms with van der Waals surface area (Å²) in [7, 11) is -9.87. The highest BCUT2D eigenvalue weighted by atomic mass is 32.2. The summed E-state index contributed by atoms with van der Waals surface area (Å²) in [5.41, 5.74) is 6.17. The topological polar surface area (TPSA) is 279 Å². The molecule has 0 aliphatic heterocycles. The fraction of sp³-hybridized carbons (Fsp3) is 0.784. The molecule has 0 aromatic rings. The molecule has 0 fully saturated rings. The van der Waals surface area contributed by atoms with Gasteiger partial charge < -0.3 is 45.2 Å². The van der Waals surface area contributed by atoms with Crippen molar-refractivity contribution < 1.29 is 76.6 Å². The first kappa shape index (κ1) is 68.8. The van der Waals surface area contributed by atoms with Gasteiger partial charge in [-0.2, -0.15) is 0 Å². The molecule has 0 aliphatic rings. The highest BCUT2D eigenvalue weighted by Gasteiger charge is 2.29. The Kier molecular flexibility index (Phi) is 43.8. The predicted octanol–water partition coefficient (Wildman–Crippen LogP) is 11.0. The molecule has 0 aliphatic carbocycles. The first-order chi connectivity index (χ1) is 33.8. The average Bonchev–Trinajstić information content (AvgIpc) is 3.31. The number of unbranched alkanes of at least 4 members (excludes halogenated alkanes) is 18. The van der Waals surface area contributed by atoms with Gasteiger partial charge in [0.25, 0.3) is 0 Å². The van der Waals surface area contributed by atoms with E-state index < -0.39 is 89.6 Å². The second-order valence-electron chi connectivity index (χ2n) is 18.5. The van der Waals surface area contributed by atoms with Crippen molar-refractivity contribution in [3.63, 3.8) is 0 Å². The number of carbonyl (C=O) groups excluding carboxylic acids is 2. The number of carbonyl (C=O) groups is 3. The second kappa shape index (κ2) is 45.2. The number of esters is 2. The molecule has 0 spiro atoms. The molecule has 0 aromatic heterocycles. The lowest BCUT2D eigenvalue weighted by Crippen LogP contribution is -2.38. The van der Waals surface area contributed by atoms with Crippen LogP contribution in [0.25, 0.3) is 0 Å². The van der Waals surface area contributed by atoms with E-state index in [-0.39, 0.29) is 31.4 Å². The van der Waals surface area contributed by atoms with Crippen LogP contribution < -0.4 is 5.73 Å². The van der Waals surface area contributed by atoms with Crippen LogP contribution in [-0.4, -0.2) is 110 Å². The Morgan fingerprint density at radius 1 is 0.634 bits per heavy atom. The summed E-state index contributed by atoms with van der Waals surface area (Å²) in [5.74, 6) is -1.77. The number of carboxylic acids is 1. The van der Waals surface area contributed by atoms with Crippen molar-refractivity contribution in [2.24, 2.45) is 11.7 Å². The van der Waals surface area contributed by atoms with E-state index in [2.05, 4.69) is 37.4 Å². The zero-order valence-corrected chi connectivity index (χ0v) is 45.8. The second-order valence-corrected chi connectivity index (χ2v) is 22.4. The Balaban J connectivity index is 5.19. The molecule has 0 saturated carbocycles. The van der Waals surface area contributed by atoms with Crippen LogP contribution in [0, 0.1) is 5.92 Å². The number of nitrogens with two attached hydrogens (primary N) is 1. The van der Waals surface area contributed by atoms with E-state index in [1.807, 2.05) is 18.2 Å². The third-order valence-corrected chi connectivity index (χ3v) is 14.0. The smallest absolute Gasteiger partial charge is 0.472 e. The van der Waals surface area contributed by atoms with Crippen molar-refractivity contribution in [2.45, 2.75) is 217 Å². The molecule has 414 valence electrons. The minimum atomic E-state index is -4.95. The Hall–Kier alpha value is -2.18. The maximum atomic E-state index is 13.1. The Morgan fingerprint density at radius 3 is 1.77 bits per heavy atom. The third kappa shape index (κ3) is 47.3. The van der Waals surface area contributed by atoms with E-state index in [0.29, 0.717) is 6.42 Å². The molecule has 0 radical (unpaired) electrons. The number of aliphatic carboxylic acids is 1. The van der Waals surface area contributed by atoms with Gasteiger partial charge in [0.15, 0.2) is 6.10 Å². The van der Waals surface area contributed by atoms with Crippen LogP contribution in [0.5, 0.6) is 0 Å². The molecule has 6 atom stereocenters. The van der Waals surface area contributed by atoms with Crippen molar-refractivity contribution >= 4 is 45.3 Å². The van der Waals surface area contributed by atoms with Crippen molar-refractivity contribution in [1.82, 2.24) is 0 Å². The van der Waals surface area contributed by atoms with E-state index in [4.69, 9.17) is 39.1 Å². The SMILES string of the molecule is CCCCC/C=C\C\C=C/C=C/C=C/[C@@H](SC[C@H](N)C(=O)OC[C@H](COP(=O)(O)OC[C@@H](O)COP(=O)(O)O)OC(=O)CCCCCCCCCCCCCCCCCCC(C)C)[C@@H](O)CCCC(=O)O. The normalized spacial score (nSPS) is 15.5. The fourth-order valence-electron chi connectivity index (χ4n) is 7.03. The van der Waals surface area contributed by atoms with Crippen molar-refractivity contribution in [2.75, 3.05) is 32.2 Å². The number of phosphoric acid groups is 2. The van der Waals surface area contributed by atoms with Gasteiger partial charge in [-0.25, -0.2) is 9.13 Å². The number of carboxylic acid groups (broad SMARTS) is 1. The lowest BCUT2D eigenvalue weighted by molar-refractivity contribution is -0.161. The standard InChI is InChI=1S/C51H93NO16P2S/c1-4-5-6-7-8-9-10-18-21-24-27-30-35-48(47(54)34-32-36-49(55)56)71-42-46(52)51(58)64-40-45(41-67-70(62,63)66-39-44(53)38-65-69(59,60)61)68-50(57)37-31-28-25-22-19-16-14-12-11-13-15-17-20-23-26-29-33-43(2)3/h8-9,18,21,24,27,30,35,43-48,53-54H,4-7,10-17,19-20,22-23,25-26,28-29,31-34,36-42,52H2,1-3H3,(H,55,56)(H,62,63)(H2,59,60,61)/b9-8-,21-18-,27-24+,35-30+/t44-,45+,46-,47-,48+/m0/s1. The van der Waals surface area contributed by atoms with Gasteiger partial charge in [-0.3, -0.25) is 28.0 Å². The number of ether oxygens (including phenoxy) is 2. The van der Waals surface area contributed by atoms with Gasteiger partial charge in [0, 0.05) is 23.8 Å². The first-order valence-electron chi connectivity index (χ1n) is 26.1. The predicted molar refractivity (Wildman–Crippen MR) is 282 cm³/mol. The number of rotatable bonds is 49. The lowest BCUT2D eigenvalue weighted by atomic mass is 10.0. The molecule has 20 heteroatoms. The van der Waals surface area contributed by atoms with Gasteiger partial charge in [-0.15, -0.1) is 11.8 Å². The highest BCUT2D eigenvalue weighted by Crippen LogP contribution is 2.44. The molecule has 71 heavy (non-hydrogen) atoms. The van der Waals surface area contributed by atoms with Crippen LogP contribution in [-0.2, 0) is 46.6 Å². The van der Waals surface area contributed by atoms with E-state index in [1.165, 1.54) is 96.3 Å². The first-order valence-corrected chi connectivity index (χ1v) is 30.2. The zero-order chi connectivity index (χ0) is 53.0. The quantitative estimate of drug-likeness (QED) is 0.00980. The van der Waals surface area contributed by atoms with Crippen LogP contribution in [0.4, 0.5) is 0 Å². The summed E-state index contributed by atoms with van der Waals surface area (Å²) in [6.07, 6.45) is 37.1. The van der Waals surface area contributed by atoms with Gasteiger partial charge in [0.05, 0.1) is 25.9 Å². The van der Waals surface area contributed by atoms with E-state index in [0.717, 1.165) is 56.2 Å². The summed E-state index contributed by atoms with van der Waals surface area (Å²) in [4.78, 5) is 64.9. The van der Waals surface area contributed by atoms with Crippen molar-refractivity contribution in [1.29, 1.82) is 0 Å². The lowest BCUT2D eigenvalue weighted by Gasteiger charge is -2.22. The summed E-state index contributed by atoms with van der Waals surface area (Å²) < 4.78 is 48.2. The molecule has 0 amide bonds. The largest absolute Gasteiger partial charge is 0.481 e. The van der Waals surface area contributed by atoms with E-state index in [1.54, 1.807) is 18.2 Å². The van der Waals surface area contributed by atoms with Gasteiger partial charge in [-0.1, -0.05) is 185 Å². The van der Waals surface area contributed by atoms with Gasteiger partial charge in [-0.05, 0) is 44.4 Å². The zero-order valence-electron chi connectivity index (χ0n) is 43.1. The molecule has 0 aromatic carbocycles. The Bertz CT molecular complexity index is 1570. The molecule has 0 heterocycles. The Labute approximate surface area is 430 Å². The molecule has 17 nitrogen and oxygen atoms in total. The number of phosphoric ester groups is 2. The van der Waals surface area contributed by atoms with Crippen LogP contribution >= 0.6 is 27.4 Å². The molecule has 0 saturated heterocycles. The summed E-state index contributed by atoms with van der Waals surface area (Å²) in [6.45, 7) is 3.52. The maximum Gasteiger partial charge on any atom is 0.472 e. The number of aliphatic hydroxyl groups excluding tert-OH is 2. The van der Waals surface area contributed by atoms with Gasteiger partial charge in [0.2, 0.25) is 0 Å². The van der Waals surface area contributed by atoms with Crippen molar-refractivity contribution in [3.8, 4) is 0 Å². The summed E-state index contributed by atoms with van der Waals surface area (Å²) in [5, 5.41) is 29.3. The number of aliphatic hydroxyl groups is 2. The van der Waals surface area contributed by atoms with Gasteiger partial charge in [0.1, 0.15) is 18.8 Å². The number of hydrogen-bond acceptors (Lipinski definition) is 14. The monoisotopic (exact) mass is 1070 g/mol. The molecular formula is C51H93NO16P2S. The minimum Gasteiger partial charge on any atom is -0.481 e. The number of allylic oxidation sites excluding steroid dienone is 7. The van der Waals surface area contributed by atoms with E-state index in [9.17, 15) is 38.6 Å². The molecule has 0 bridgehead atoms. The molecule has 0 rings (SSSR count).